The van der Waals surface area contributed by atoms with E-state index in [4.69, 9.17) is 8.83 Å². The molecule has 1 amide bonds. The Morgan fingerprint density at radius 2 is 2.00 bits per heavy atom. The highest BCUT2D eigenvalue weighted by molar-refractivity contribution is 5.96. The number of para-hydroxylation sites is 1. The quantitative estimate of drug-likeness (QED) is 0.617. The number of amides is 1. The molecule has 3 heterocycles. The molecular weight excluding hydrogens is 304 g/mol. The number of carbonyl (C=O) groups is 1. The van der Waals surface area contributed by atoms with Crippen LogP contribution in [0.15, 0.2) is 75.9 Å². The van der Waals surface area contributed by atoms with E-state index >= 15 is 0 Å². The van der Waals surface area contributed by atoms with E-state index in [1.165, 1.54) is 0 Å². The Kier molecular flexibility index (Phi) is 3.59. The molecule has 0 spiro atoms. The zero-order chi connectivity index (χ0) is 16.4. The zero-order valence-electron chi connectivity index (χ0n) is 12.7. The van der Waals surface area contributed by atoms with Gasteiger partial charge in [-0.15, -0.1) is 0 Å². The molecule has 3 aromatic heterocycles. The number of hydrogen-bond acceptors (Lipinski definition) is 4. The molecule has 118 valence electrons. The first-order valence-electron chi connectivity index (χ1n) is 7.55. The highest BCUT2D eigenvalue weighted by Gasteiger charge is 2.11. The monoisotopic (exact) mass is 318 g/mol. The molecule has 24 heavy (non-hydrogen) atoms. The lowest BCUT2D eigenvalue weighted by Crippen LogP contribution is -2.22. The predicted molar refractivity (Wildman–Crippen MR) is 89.3 cm³/mol. The van der Waals surface area contributed by atoms with Gasteiger partial charge < -0.3 is 14.2 Å². The van der Waals surface area contributed by atoms with Crippen molar-refractivity contribution >= 4 is 16.9 Å². The Morgan fingerprint density at radius 3 is 2.75 bits per heavy atom. The summed E-state index contributed by atoms with van der Waals surface area (Å²) in [6, 6.07) is 16.7. The standard InChI is InChI=1S/C19H14N2O3/c22-19(18-10-14-4-1-2-5-16(14)24-18)21-12-13-7-8-15(20-11-13)17-6-3-9-23-17/h1-11H,12H2,(H,21,22). The molecule has 0 atom stereocenters. The molecule has 5 nitrogen and oxygen atoms in total. The predicted octanol–water partition coefficient (Wildman–Crippen LogP) is 4.02. The number of furan rings is 2. The Hall–Kier alpha value is -3.34. The first kappa shape index (κ1) is 14.3. The Labute approximate surface area is 137 Å². The molecule has 0 aliphatic rings. The number of carbonyl (C=O) groups excluding carboxylic acids is 1. The normalized spacial score (nSPS) is 10.8. The van der Waals surface area contributed by atoms with Crippen LogP contribution in [0, 0.1) is 0 Å². The maximum atomic E-state index is 12.2. The summed E-state index contributed by atoms with van der Waals surface area (Å²) < 4.78 is 10.8. The molecule has 0 fully saturated rings. The summed E-state index contributed by atoms with van der Waals surface area (Å²) in [5, 5.41) is 3.74. The molecule has 4 rings (SSSR count). The van der Waals surface area contributed by atoms with Gasteiger partial charge in [0.15, 0.2) is 11.5 Å². The van der Waals surface area contributed by atoms with Crippen LogP contribution in [0.5, 0.6) is 0 Å². The van der Waals surface area contributed by atoms with E-state index in [2.05, 4.69) is 10.3 Å². The van der Waals surface area contributed by atoms with Gasteiger partial charge >= 0.3 is 0 Å². The molecule has 0 saturated heterocycles. The number of aromatic nitrogens is 1. The van der Waals surface area contributed by atoms with Crippen molar-refractivity contribution in [1.29, 1.82) is 0 Å². The van der Waals surface area contributed by atoms with E-state index in [9.17, 15) is 4.79 Å². The molecule has 0 aliphatic carbocycles. The SMILES string of the molecule is O=C(NCc1ccc(-c2ccco2)nc1)c1cc2ccccc2o1. The van der Waals surface area contributed by atoms with Gasteiger partial charge in [0.25, 0.3) is 5.91 Å². The summed E-state index contributed by atoms with van der Waals surface area (Å²) in [6.45, 7) is 0.376. The van der Waals surface area contributed by atoms with E-state index in [-0.39, 0.29) is 5.91 Å². The lowest BCUT2D eigenvalue weighted by molar-refractivity contribution is 0.0925. The Morgan fingerprint density at radius 1 is 1.08 bits per heavy atom. The minimum atomic E-state index is -0.249. The summed E-state index contributed by atoms with van der Waals surface area (Å²) in [5.74, 6) is 0.769. The third kappa shape index (κ3) is 2.79. The molecule has 0 aliphatic heterocycles. The maximum Gasteiger partial charge on any atom is 0.287 e. The summed E-state index contributed by atoms with van der Waals surface area (Å²) in [6.07, 6.45) is 3.33. The largest absolute Gasteiger partial charge is 0.463 e. The van der Waals surface area contributed by atoms with Gasteiger partial charge in [0.05, 0.1) is 6.26 Å². The Bertz CT molecular complexity index is 936. The number of benzene rings is 1. The van der Waals surface area contributed by atoms with Crippen LogP contribution in [-0.2, 0) is 6.54 Å². The fraction of sp³-hybridized carbons (Fsp3) is 0.0526. The third-order valence-electron chi connectivity index (χ3n) is 3.70. The molecule has 0 bridgehead atoms. The van der Waals surface area contributed by atoms with Crippen molar-refractivity contribution in [3.63, 3.8) is 0 Å². The van der Waals surface area contributed by atoms with Gasteiger partial charge in [-0.05, 0) is 35.9 Å². The van der Waals surface area contributed by atoms with Crippen molar-refractivity contribution < 1.29 is 13.6 Å². The maximum absolute atomic E-state index is 12.2. The van der Waals surface area contributed by atoms with E-state index in [1.807, 2.05) is 48.5 Å². The first-order valence-corrected chi connectivity index (χ1v) is 7.55. The smallest absolute Gasteiger partial charge is 0.287 e. The average molecular weight is 318 g/mol. The fourth-order valence-electron chi connectivity index (χ4n) is 2.46. The van der Waals surface area contributed by atoms with Gasteiger partial charge in [0.1, 0.15) is 11.3 Å². The van der Waals surface area contributed by atoms with Crippen molar-refractivity contribution in [2.75, 3.05) is 0 Å². The highest BCUT2D eigenvalue weighted by atomic mass is 16.3. The van der Waals surface area contributed by atoms with Gasteiger partial charge in [-0.25, -0.2) is 0 Å². The van der Waals surface area contributed by atoms with Gasteiger partial charge in [0.2, 0.25) is 0 Å². The molecule has 0 saturated carbocycles. The van der Waals surface area contributed by atoms with Gasteiger partial charge in [0, 0.05) is 18.1 Å². The topological polar surface area (TPSA) is 68.3 Å². The Balaban J connectivity index is 1.43. The van der Waals surface area contributed by atoms with Crippen molar-refractivity contribution in [3.05, 3.63) is 78.4 Å². The van der Waals surface area contributed by atoms with Gasteiger partial charge in [-0.1, -0.05) is 24.3 Å². The number of rotatable bonds is 4. The van der Waals surface area contributed by atoms with E-state index in [0.717, 1.165) is 16.6 Å². The van der Waals surface area contributed by atoms with Crippen LogP contribution < -0.4 is 5.32 Å². The molecular formula is C19H14N2O3. The summed E-state index contributed by atoms with van der Waals surface area (Å²) in [4.78, 5) is 16.5. The number of fused-ring (bicyclic) bond motifs is 1. The van der Waals surface area contributed by atoms with Crippen LogP contribution in [0.1, 0.15) is 16.1 Å². The van der Waals surface area contributed by atoms with E-state index in [1.54, 1.807) is 18.5 Å². The molecule has 5 heteroatoms. The summed E-state index contributed by atoms with van der Waals surface area (Å²) in [7, 11) is 0. The zero-order valence-corrected chi connectivity index (χ0v) is 12.7. The molecule has 0 radical (unpaired) electrons. The fourth-order valence-corrected chi connectivity index (χ4v) is 2.46. The molecule has 4 aromatic rings. The van der Waals surface area contributed by atoms with Crippen molar-refractivity contribution in [1.82, 2.24) is 10.3 Å². The first-order chi connectivity index (χ1) is 11.8. The van der Waals surface area contributed by atoms with Crippen LogP contribution in [-0.4, -0.2) is 10.9 Å². The minimum Gasteiger partial charge on any atom is -0.463 e. The number of pyridine rings is 1. The molecule has 0 unspecified atom stereocenters. The van der Waals surface area contributed by atoms with Crippen molar-refractivity contribution in [2.24, 2.45) is 0 Å². The van der Waals surface area contributed by atoms with Crippen LogP contribution in [0.2, 0.25) is 0 Å². The van der Waals surface area contributed by atoms with Crippen molar-refractivity contribution in [2.45, 2.75) is 6.54 Å². The molecule has 1 aromatic carbocycles. The highest BCUT2D eigenvalue weighted by Crippen LogP contribution is 2.19. The second-order valence-corrected chi connectivity index (χ2v) is 5.36. The number of hydrogen-bond donors (Lipinski definition) is 1. The molecule has 1 N–H and O–H groups in total. The van der Waals surface area contributed by atoms with Crippen LogP contribution in [0.25, 0.3) is 22.4 Å². The minimum absolute atomic E-state index is 0.249. The third-order valence-corrected chi connectivity index (χ3v) is 3.70. The van der Waals surface area contributed by atoms with Gasteiger partial charge in [-0.2, -0.15) is 0 Å². The summed E-state index contributed by atoms with van der Waals surface area (Å²) in [5.41, 5.74) is 2.36. The van der Waals surface area contributed by atoms with Crippen molar-refractivity contribution in [3.8, 4) is 11.5 Å². The lowest BCUT2D eigenvalue weighted by atomic mass is 10.2. The van der Waals surface area contributed by atoms with Gasteiger partial charge in [-0.3, -0.25) is 9.78 Å². The van der Waals surface area contributed by atoms with Crippen LogP contribution >= 0.6 is 0 Å². The van der Waals surface area contributed by atoms with E-state index < -0.39 is 0 Å². The van der Waals surface area contributed by atoms with Crippen LogP contribution in [0.3, 0.4) is 0 Å². The lowest BCUT2D eigenvalue weighted by Gasteiger charge is -2.04. The second kappa shape index (κ2) is 6.04. The average Bonchev–Trinajstić information content (AvgIpc) is 3.29. The second-order valence-electron chi connectivity index (χ2n) is 5.36. The summed E-state index contributed by atoms with van der Waals surface area (Å²) >= 11 is 0. The van der Waals surface area contributed by atoms with E-state index in [0.29, 0.717) is 23.6 Å². The van der Waals surface area contributed by atoms with Crippen LogP contribution in [0.4, 0.5) is 0 Å². The number of nitrogens with zero attached hydrogens (tertiary/aromatic N) is 1. The number of nitrogens with one attached hydrogen (secondary N) is 1.